The zero-order chi connectivity index (χ0) is 14.8. The molecule has 0 N–H and O–H groups in total. The second kappa shape index (κ2) is 7.08. The van der Waals surface area contributed by atoms with E-state index in [4.69, 9.17) is 0 Å². The quantitative estimate of drug-likeness (QED) is 0.188. The molecule has 0 saturated heterocycles. The second-order valence-corrected chi connectivity index (χ2v) is 36.6. The third-order valence-electron chi connectivity index (χ3n) is 3.43. The predicted molar refractivity (Wildman–Crippen MR) is 105 cm³/mol. The minimum atomic E-state index is -1.44. The Bertz CT molecular complexity index is 236. The molecule has 0 saturated carbocycles. The highest BCUT2D eigenvalue weighted by molar-refractivity contribution is 9.51. The van der Waals surface area contributed by atoms with Crippen LogP contribution in [0.3, 0.4) is 0 Å². The van der Waals surface area contributed by atoms with Crippen LogP contribution in [0.5, 0.6) is 0 Å². The third kappa shape index (κ3) is 6.41. The molecule has 0 aromatic rings. The van der Waals surface area contributed by atoms with Crippen molar-refractivity contribution in [3.05, 3.63) is 0 Å². The van der Waals surface area contributed by atoms with Gasteiger partial charge in [-0.3, -0.25) is 0 Å². The summed E-state index contributed by atoms with van der Waals surface area (Å²) in [6.45, 7) is 14.0. The van der Waals surface area contributed by atoms with Gasteiger partial charge in [-0.2, -0.15) is 0 Å². The molecule has 0 spiro atoms. The van der Waals surface area contributed by atoms with Gasteiger partial charge in [0.15, 0.2) is 0 Å². The first kappa shape index (κ1) is 20.4. The van der Waals surface area contributed by atoms with Crippen molar-refractivity contribution < 1.29 is 0 Å². The van der Waals surface area contributed by atoms with Gasteiger partial charge in [-0.05, 0) is 22.2 Å². The summed E-state index contributed by atoms with van der Waals surface area (Å²) in [4.78, 5) is 0. The average Bonchev–Trinajstić information content (AvgIpc) is 2.08. The molecule has 0 radical (unpaired) electrons. The molecule has 0 aliphatic carbocycles. The fourth-order valence-corrected chi connectivity index (χ4v) is 7.70. The fraction of sp³-hybridized carbons (Fsp3) is 1.00. The molecule has 0 unspecified atom stereocenters. The van der Waals surface area contributed by atoms with Crippen LogP contribution >= 0.6 is 61.2 Å². The van der Waals surface area contributed by atoms with Crippen LogP contribution < -0.4 is 0 Å². The molecular formula is C12H26Br4Si2. The van der Waals surface area contributed by atoms with E-state index in [1.807, 2.05) is 0 Å². The molecular weight excluding hydrogens is 520 g/mol. The van der Waals surface area contributed by atoms with E-state index in [0.717, 1.165) is 0 Å². The summed E-state index contributed by atoms with van der Waals surface area (Å²) in [7, 11) is 0. The van der Waals surface area contributed by atoms with Crippen LogP contribution in [0, 0.1) is 0 Å². The molecule has 0 amide bonds. The van der Waals surface area contributed by atoms with E-state index in [0.29, 0.717) is 10.1 Å². The van der Waals surface area contributed by atoms with Crippen molar-refractivity contribution in [1.29, 1.82) is 0 Å². The first-order chi connectivity index (χ1) is 7.71. The first-order valence-corrected chi connectivity index (χ1v) is 19.9. The van der Waals surface area contributed by atoms with Crippen LogP contribution in [0.2, 0.25) is 22.2 Å². The molecule has 110 valence electrons. The van der Waals surface area contributed by atoms with Gasteiger partial charge in [0.05, 0.1) is 0 Å². The lowest BCUT2D eigenvalue weighted by Crippen LogP contribution is -2.32. The van der Waals surface area contributed by atoms with Crippen molar-refractivity contribution in [1.82, 2.24) is 0 Å². The Morgan fingerprint density at radius 2 is 0.833 bits per heavy atom. The third-order valence-corrected chi connectivity index (χ3v) is 28.8. The largest absolute Gasteiger partial charge is 0.206 e. The van der Waals surface area contributed by atoms with Crippen molar-refractivity contribution in [2.24, 2.45) is 0 Å². The second-order valence-electron chi connectivity index (χ2n) is 7.12. The molecule has 0 bridgehead atoms. The number of halogens is 4. The molecule has 0 rings (SSSR count). The Hall–Kier alpha value is 2.35. The van der Waals surface area contributed by atoms with E-state index in [-0.39, 0.29) is 0 Å². The highest BCUT2D eigenvalue weighted by atomic mass is 79.9. The van der Waals surface area contributed by atoms with Crippen molar-refractivity contribution in [3.8, 4) is 0 Å². The van der Waals surface area contributed by atoms with E-state index in [2.05, 4.69) is 103 Å². The summed E-state index contributed by atoms with van der Waals surface area (Å²) < 4.78 is 0. The molecule has 0 heterocycles. The van der Waals surface area contributed by atoms with Crippen LogP contribution in [0.15, 0.2) is 0 Å². The monoisotopic (exact) mass is 542 g/mol. The van der Waals surface area contributed by atoms with Gasteiger partial charge in [0.2, 0.25) is 10.6 Å². The lowest BCUT2D eigenvalue weighted by Gasteiger charge is -2.34. The highest BCUT2D eigenvalue weighted by Gasteiger charge is 2.41. The lowest BCUT2D eigenvalue weighted by atomic mass is 10.2. The maximum absolute atomic E-state index is 3.97. The van der Waals surface area contributed by atoms with Crippen molar-refractivity contribution >= 4 is 71.8 Å². The van der Waals surface area contributed by atoms with Gasteiger partial charge in [-0.25, -0.2) is 0 Å². The topological polar surface area (TPSA) is 0 Å². The molecule has 0 aliphatic heterocycles. The molecule has 0 aliphatic rings. The van der Waals surface area contributed by atoms with Crippen LogP contribution in [0.25, 0.3) is 0 Å². The van der Waals surface area contributed by atoms with Crippen LogP contribution in [-0.2, 0) is 0 Å². The van der Waals surface area contributed by atoms with E-state index in [1.165, 1.54) is 24.9 Å². The average molecular weight is 546 g/mol. The van der Waals surface area contributed by atoms with Crippen molar-refractivity contribution in [2.45, 2.75) is 76.5 Å². The van der Waals surface area contributed by atoms with Gasteiger partial charge in [0.25, 0.3) is 0 Å². The molecule has 0 aromatic heterocycles. The number of unbranched alkanes of at least 4 members (excludes halogenated alkanes) is 1. The van der Waals surface area contributed by atoms with Crippen LogP contribution in [0.4, 0.5) is 0 Å². The van der Waals surface area contributed by atoms with E-state index in [1.54, 1.807) is 0 Å². The predicted octanol–water partition coefficient (Wildman–Crippen LogP) is 7.83. The lowest BCUT2D eigenvalue weighted by molar-refractivity contribution is 0.718. The summed E-state index contributed by atoms with van der Waals surface area (Å²) in [6.07, 6.45) is 2.62. The van der Waals surface area contributed by atoms with Gasteiger partial charge < -0.3 is 0 Å². The molecule has 6 heteroatoms. The standard InChI is InChI=1S/C12H26Br4Si2/c1-11(2,3)17(13,14)9-7-8-10-18(15,16)12(4,5)6/h7-10H2,1-6H3. The summed E-state index contributed by atoms with van der Waals surface area (Å²) in [5.41, 5.74) is 0. The smallest absolute Gasteiger partial charge is 0.110 e. The molecule has 0 fully saturated rings. The van der Waals surface area contributed by atoms with Crippen LogP contribution in [0.1, 0.15) is 54.4 Å². The molecule has 18 heavy (non-hydrogen) atoms. The summed E-state index contributed by atoms with van der Waals surface area (Å²) in [6, 6.07) is 2.59. The number of hydrogen-bond donors (Lipinski definition) is 0. The summed E-state index contributed by atoms with van der Waals surface area (Å²) >= 11 is 15.9. The molecule has 0 atom stereocenters. The number of rotatable bonds is 5. The van der Waals surface area contributed by atoms with Gasteiger partial charge in [-0.1, -0.05) is 54.4 Å². The van der Waals surface area contributed by atoms with Gasteiger partial charge >= 0.3 is 0 Å². The van der Waals surface area contributed by atoms with Gasteiger partial charge in [0, 0.05) is 0 Å². The van der Waals surface area contributed by atoms with E-state index >= 15 is 0 Å². The highest BCUT2D eigenvalue weighted by Crippen LogP contribution is 2.50. The Morgan fingerprint density at radius 3 is 1.00 bits per heavy atom. The summed E-state index contributed by atoms with van der Waals surface area (Å²) in [5, 5.41) is -2.14. The SMILES string of the molecule is CC(C)(C)[Si](Br)(Br)CCCC[Si](Br)(Br)C(C)(C)C. The Kier molecular flexibility index (Phi) is 8.00. The van der Waals surface area contributed by atoms with Crippen molar-refractivity contribution in [2.75, 3.05) is 0 Å². The van der Waals surface area contributed by atoms with Crippen LogP contribution in [-0.4, -0.2) is 10.6 Å². The molecule has 0 aromatic carbocycles. The zero-order valence-corrected chi connectivity index (χ0v) is 20.7. The van der Waals surface area contributed by atoms with E-state index < -0.39 is 10.6 Å². The zero-order valence-electron chi connectivity index (χ0n) is 12.3. The minimum Gasteiger partial charge on any atom is -0.110 e. The maximum Gasteiger partial charge on any atom is 0.206 e. The fourth-order valence-electron chi connectivity index (χ4n) is 1.44. The minimum absolute atomic E-state index is 0.369. The van der Waals surface area contributed by atoms with Gasteiger partial charge in [0.1, 0.15) is 0 Å². The Labute approximate surface area is 147 Å². The Balaban J connectivity index is 4.17. The van der Waals surface area contributed by atoms with Crippen molar-refractivity contribution in [3.63, 3.8) is 0 Å². The number of hydrogen-bond acceptors (Lipinski definition) is 0. The Morgan fingerprint density at radius 1 is 0.611 bits per heavy atom. The van der Waals surface area contributed by atoms with Gasteiger partial charge in [-0.15, -0.1) is 61.2 Å². The van der Waals surface area contributed by atoms with E-state index in [9.17, 15) is 0 Å². The maximum atomic E-state index is 3.97. The normalized spacial score (nSPS) is 15.0. The first-order valence-electron chi connectivity index (χ1n) is 6.46. The summed E-state index contributed by atoms with van der Waals surface area (Å²) in [5.74, 6) is 0. The molecule has 0 nitrogen and oxygen atoms in total.